The van der Waals surface area contributed by atoms with E-state index in [0.717, 1.165) is 37.2 Å². The van der Waals surface area contributed by atoms with Gasteiger partial charge in [0, 0.05) is 19.6 Å². The van der Waals surface area contributed by atoms with E-state index >= 15 is 0 Å². The van der Waals surface area contributed by atoms with Crippen LogP contribution in [0.1, 0.15) is 56.3 Å². The predicted octanol–water partition coefficient (Wildman–Crippen LogP) is 3.62. The van der Waals surface area contributed by atoms with Crippen LogP contribution in [0.25, 0.3) is 0 Å². The normalized spacial score (nSPS) is 17.3. The van der Waals surface area contributed by atoms with Crippen LogP contribution in [0, 0.1) is 5.92 Å². The number of morpholine rings is 1. The molecule has 4 rings (SSSR count). The van der Waals surface area contributed by atoms with Crippen LogP contribution < -0.4 is 10.2 Å². The Morgan fingerprint density at radius 3 is 2.62 bits per heavy atom. The van der Waals surface area contributed by atoms with Crippen molar-refractivity contribution in [1.82, 2.24) is 20.1 Å². The number of amides is 1. The summed E-state index contributed by atoms with van der Waals surface area (Å²) in [4.78, 5) is 14.9. The smallest absolute Gasteiger partial charge is 0.230 e. The van der Waals surface area contributed by atoms with E-state index in [4.69, 9.17) is 4.74 Å². The Balaban J connectivity index is 1.37. The fourth-order valence-electron chi connectivity index (χ4n) is 4.43. The number of aromatic nitrogens is 3. The SMILES string of the molecule is CC(C)Cn1c(SCC(=O)NC(C)c2ccc3c(c2)CCCC3)nnc1N1CCOCC1. The molecule has 1 aromatic heterocycles. The largest absolute Gasteiger partial charge is 0.378 e. The molecule has 1 fully saturated rings. The van der Waals surface area contributed by atoms with E-state index in [1.54, 1.807) is 0 Å². The lowest BCUT2D eigenvalue weighted by molar-refractivity contribution is -0.119. The van der Waals surface area contributed by atoms with Gasteiger partial charge < -0.3 is 15.0 Å². The number of hydrogen-bond donors (Lipinski definition) is 1. The summed E-state index contributed by atoms with van der Waals surface area (Å²) in [5, 5.41) is 12.8. The molecule has 7 nitrogen and oxygen atoms in total. The van der Waals surface area contributed by atoms with Gasteiger partial charge >= 0.3 is 0 Å². The molecule has 32 heavy (non-hydrogen) atoms. The highest BCUT2D eigenvalue weighted by Crippen LogP contribution is 2.26. The summed E-state index contributed by atoms with van der Waals surface area (Å²) in [5.74, 6) is 1.69. The van der Waals surface area contributed by atoms with Crippen molar-refractivity contribution in [2.75, 3.05) is 37.0 Å². The van der Waals surface area contributed by atoms with Crippen molar-refractivity contribution in [2.45, 2.75) is 64.2 Å². The van der Waals surface area contributed by atoms with Crippen molar-refractivity contribution in [3.63, 3.8) is 0 Å². The molecule has 1 atom stereocenters. The van der Waals surface area contributed by atoms with E-state index in [1.165, 1.54) is 47.7 Å². The first-order valence-corrected chi connectivity index (χ1v) is 12.8. The molecule has 2 aromatic rings. The lowest BCUT2D eigenvalue weighted by atomic mass is 9.89. The van der Waals surface area contributed by atoms with Crippen molar-refractivity contribution < 1.29 is 9.53 Å². The summed E-state index contributed by atoms with van der Waals surface area (Å²) in [6.07, 6.45) is 4.87. The van der Waals surface area contributed by atoms with Gasteiger partial charge in [0.25, 0.3) is 0 Å². The molecule has 1 unspecified atom stereocenters. The number of benzene rings is 1. The molecule has 1 aliphatic carbocycles. The summed E-state index contributed by atoms with van der Waals surface area (Å²) in [6, 6.07) is 6.67. The molecule has 1 amide bonds. The van der Waals surface area contributed by atoms with Gasteiger partial charge in [-0.25, -0.2) is 0 Å². The number of nitrogens with zero attached hydrogens (tertiary/aromatic N) is 4. The van der Waals surface area contributed by atoms with E-state index in [9.17, 15) is 4.79 Å². The van der Waals surface area contributed by atoms with Crippen LogP contribution in [0.15, 0.2) is 23.4 Å². The Bertz CT molecular complexity index is 923. The molecule has 2 heterocycles. The number of hydrogen-bond acceptors (Lipinski definition) is 6. The molecule has 1 aliphatic heterocycles. The first-order chi connectivity index (χ1) is 15.5. The van der Waals surface area contributed by atoms with Crippen LogP contribution in [0.5, 0.6) is 0 Å². The maximum atomic E-state index is 12.7. The van der Waals surface area contributed by atoms with Gasteiger partial charge in [0.05, 0.1) is 25.0 Å². The van der Waals surface area contributed by atoms with E-state index in [2.05, 4.69) is 64.0 Å². The first kappa shape index (κ1) is 23.1. The number of ether oxygens (including phenoxy) is 1. The minimum Gasteiger partial charge on any atom is -0.378 e. The van der Waals surface area contributed by atoms with Crippen LogP contribution in [-0.2, 0) is 28.9 Å². The summed E-state index contributed by atoms with van der Waals surface area (Å²) < 4.78 is 7.63. The second-order valence-electron chi connectivity index (χ2n) is 9.20. The van der Waals surface area contributed by atoms with Crippen LogP contribution >= 0.6 is 11.8 Å². The topological polar surface area (TPSA) is 72.3 Å². The Hall–Kier alpha value is -2.06. The van der Waals surface area contributed by atoms with Gasteiger partial charge in [-0.1, -0.05) is 43.8 Å². The number of rotatable bonds is 8. The third-order valence-electron chi connectivity index (χ3n) is 6.12. The second kappa shape index (κ2) is 10.7. The van der Waals surface area contributed by atoms with Crippen molar-refractivity contribution in [1.29, 1.82) is 0 Å². The number of aryl methyl sites for hydroxylation is 2. The zero-order valence-corrected chi connectivity index (χ0v) is 20.3. The zero-order valence-electron chi connectivity index (χ0n) is 19.5. The van der Waals surface area contributed by atoms with Gasteiger partial charge in [0.2, 0.25) is 11.9 Å². The molecule has 1 saturated heterocycles. The summed E-state index contributed by atoms with van der Waals surface area (Å²) in [7, 11) is 0. The Labute approximate surface area is 195 Å². The average Bonchev–Trinajstić information content (AvgIpc) is 3.19. The van der Waals surface area contributed by atoms with Crippen molar-refractivity contribution in [2.24, 2.45) is 5.92 Å². The minimum absolute atomic E-state index is 0.00669. The van der Waals surface area contributed by atoms with Gasteiger partial charge in [-0.2, -0.15) is 0 Å². The van der Waals surface area contributed by atoms with Gasteiger partial charge in [0.1, 0.15) is 0 Å². The standard InChI is InChI=1S/C24H35N5O2S/c1-17(2)15-29-23(28-10-12-31-13-11-28)26-27-24(29)32-16-22(30)25-18(3)20-9-8-19-6-4-5-7-21(19)14-20/h8-9,14,17-18H,4-7,10-13,15-16H2,1-3H3,(H,25,30). The van der Waals surface area contributed by atoms with Crippen molar-refractivity contribution in [3.05, 3.63) is 34.9 Å². The molecule has 174 valence electrons. The number of fused-ring (bicyclic) bond motifs is 1. The third-order valence-corrected chi connectivity index (χ3v) is 7.09. The highest BCUT2D eigenvalue weighted by atomic mass is 32.2. The Kier molecular flexibility index (Phi) is 7.73. The number of thioether (sulfide) groups is 1. The zero-order chi connectivity index (χ0) is 22.5. The highest BCUT2D eigenvalue weighted by Gasteiger charge is 2.22. The first-order valence-electron chi connectivity index (χ1n) is 11.8. The maximum absolute atomic E-state index is 12.7. The third kappa shape index (κ3) is 5.64. The van der Waals surface area contributed by atoms with Crippen molar-refractivity contribution >= 4 is 23.6 Å². The molecular formula is C24H35N5O2S. The maximum Gasteiger partial charge on any atom is 0.230 e. The lowest BCUT2D eigenvalue weighted by Crippen LogP contribution is -2.38. The second-order valence-corrected chi connectivity index (χ2v) is 10.1. The van der Waals surface area contributed by atoms with Gasteiger partial charge in [-0.3, -0.25) is 9.36 Å². The molecule has 0 spiro atoms. The molecule has 2 aliphatic rings. The quantitative estimate of drug-likeness (QED) is 0.611. The molecular weight excluding hydrogens is 422 g/mol. The lowest BCUT2D eigenvalue weighted by Gasteiger charge is -2.28. The number of carbonyl (C=O) groups excluding carboxylic acids is 1. The molecule has 0 bridgehead atoms. The summed E-state index contributed by atoms with van der Waals surface area (Å²) >= 11 is 1.46. The van der Waals surface area contributed by atoms with Gasteiger partial charge in [0.15, 0.2) is 5.16 Å². The average molecular weight is 458 g/mol. The van der Waals surface area contributed by atoms with Crippen LogP contribution in [0.2, 0.25) is 0 Å². The molecule has 0 radical (unpaired) electrons. The van der Waals surface area contributed by atoms with E-state index < -0.39 is 0 Å². The monoisotopic (exact) mass is 457 g/mol. The minimum atomic E-state index is -0.00669. The highest BCUT2D eigenvalue weighted by molar-refractivity contribution is 7.99. The molecule has 0 saturated carbocycles. The number of nitrogens with one attached hydrogen (secondary N) is 1. The molecule has 1 aromatic carbocycles. The summed E-state index contributed by atoms with van der Waals surface area (Å²) in [5.41, 5.74) is 4.10. The van der Waals surface area contributed by atoms with E-state index in [0.29, 0.717) is 24.9 Å². The van der Waals surface area contributed by atoms with Crippen LogP contribution in [0.4, 0.5) is 5.95 Å². The van der Waals surface area contributed by atoms with Gasteiger partial charge in [-0.15, -0.1) is 10.2 Å². The summed E-state index contributed by atoms with van der Waals surface area (Å²) in [6.45, 7) is 10.3. The fourth-order valence-corrected chi connectivity index (χ4v) is 5.18. The van der Waals surface area contributed by atoms with Crippen molar-refractivity contribution in [3.8, 4) is 0 Å². The number of anilines is 1. The van der Waals surface area contributed by atoms with E-state index in [-0.39, 0.29) is 11.9 Å². The Morgan fingerprint density at radius 1 is 1.12 bits per heavy atom. The van der Waals surface area contributed by atoms with Crippen LogP contribution in [-0.4, -0.2) is 52.7 Å². The molecule has 8 heteroatoms. The Morgan fingerprint density at radius 2 is 1.88 bits per heavy atom. The number of carbonyl (C=O) groups is 1. The fraction of sp³-hybridized carbons (Fsp3) is 0.625. The molecule has 1 N–H and O–H groups in total. The van der Waals surface area contributed by atoms with Gasteiger partial charge in [-0.05, 0) is 55.2 Å². The predicted molar refractivity (Wildman–Crippen MR) is 128 cm³/mol. The van der Waals surface area contributed by atoms with Crippen LogP contribution in [0.3, 0.4) is 0 Å². The van der Waals surface area contributed by atoms with E-state index in [1.807, 2.05) is 0 Å².